The second-order valence-corrected chi connectivity index (χ2v) is 6.37. The zero-order valence-electron chi connectivity index (χ0n) is 12.0. The number of benzene rings is 2. The van der Waals surface area contributed by atoms with Crippen LogP contribution in [0.5, 0.6) is 0 Å². The maximum atomic E-state index is 6.00. The molecule has 0 saturated heterocycles. The molecule has 0 radical (unpaired) electrons. The van der Waals surface area contributed by atoms with Crippen LogP contribution in [0.15, 0.2) is 48.5 Å². The molecule has 23 heavy (non-hydrogen) atoms. The minimum atomic E-state index is 0.0548. The van der Waals surface area contributed by atoms with Crippen molar-refractivity contribution in [2.45, 2.75) is 18.5 Å². The van der Waals surface area contributed by atoms with Crippen LogP contribution in [0.1, 0.15) is 29.6 Å². The Hall–Kier alpha value is -2.11. The number of hydrogen-bond donors (Lipinski definition) is 1. The number of hydrogen-bond acceptors (Lipinski definition) is 4. The fourth-order valence-electron chi connectivity index (χ4n) is 2.91. The molecule has 0 saturated carbocycles. The standard InChI is InChI=1S/C16H13Cl2N5/c17-12-5-1-10(2-6-12)14-9-15(11-3-7-13(18)8-4-11)23-16(19-14)20-21-22-23/h1-8,14-15H,9H2,(H,19,20,22)/t14-,15-/m1/s1. The van der Waals surface area contributed by atoms with E-state index in [4.69, 9.17) is 23.2 Å². The fourth-order valence-corrected chi connectivity index (χ4v) is 3.17. The summed E-state index contributed by atoms with van der Waals surface area (Å²) >= 11 is 12.0. The highest BCUT2D eigenvalue weighted by Crippen LogP contribution is 2.37. The molecule has 0 bridgehead atoms. The van der Waals surface area contributed by atoms with E-state index >= 15 is 0 Å². The SMILES string of the molecule is Clc1ccc([C@H]2C[C@H](c3ccc(Cl)cc3)Nc3nnnn32)cc1. The van der Waals surface area contributed by atoms with Gasteiger partial charge in [0.1, 0.15) is 0 Å². The number of nitrogens with one attached hydrogen (secondary N) is 1. The van der Waals surface area contributed by atoms with Crippen LogP contribution < -0.4 is 5.32 Å². The Morgan fingerprint density at radius 2 is 1.52 bits per heavy atom. The Labute approximate surface area is 143 Å². The van der Waals surface area contributed by atoms with Gasteiger partial charge in [-0.3, -0.25) is 0 Å². The summed E-state index contributed by atoms with van der Waals surface area (Å²) in [6.07, 6.45) is 0.835. The number of tetrazole rings is 1. The molecule has 2 heterocycles. The number of aromatic nitrogens is 4. The molecule has 1 aromatic heterocycles. The predicted molar refractivity (Wildman–Crippen MR) is 89.8 cm³/mol. The van der Waals surface area contributed by atoms with Gasteiger partial charge in [-0.05, 0) is 52.2 Å². The smallest absolute Gasteiger partial charge is 0.243 e. The average molecular weight is 346 g/mol. The molecule has 2 aromatic carbocycles. The van der Waals surface area contributed by atoms with Gasteiger partial charge in [-0.1, -0.05) is 52.6 Å². The summed E-state index contributed by atoms with van der Waals surface area (Å²) in [6.45, 7) is 0. The summed E-state index contributed by atoms with van der Waals surface area (Å²) in [6, 6.07) is 15.8. The normalized spacial score (nSPS) is 19.9. The largest absolute Gasteiger partial charge is 0.346 e. The molecule has 3 aromatic rings. The van der Waals surface area contributed by atoms with E-state index in [0.29, 0.717) is 11.0 Å². The Kier molecular flexibility index (Phi) is 3.67. The highest BCUT2D eigenvalue weighted by Gasteiger charge is 2.30. The molecule has 0 fully saturated rings. The lowest BCUT2D eigenvalue weighted by molar-refractivity contribution is 0.424. The van der Waals surface area contributed by atoms with Gasteiger partial charge < -0.3 is 5.32 Å². The van der Waals surface area contributed by atoms with Gasteiger partial charge in [0.2, 0.25) is 5.95 Å². The zero-order valence-corrected chi connectivity index (χ0v) is 13.5. The van der Waals surface area contributed by atoms with Crippen molar-refractivity contribution in [2.75, 3.05) is 5.32 Å². The first-order valence-corrected chi connectivity index (χ1v) is 8.01. The molecule has 5 nitrogen and oxygen atoms in total. The molecular formula is C16H13Cl2N5. The van der Waals surface area contributed by atoms with E-state index in [-0.39, 0.29) is 12.1 Å². The first-order valence-electron chi connectivity index (χ1n) is 7.26. The molecule has 4 rings (SSSR count). The first kappa shape index (κ1) is 14.5. The highest BCUT2D eigenvalue weighted by atomic mass is 35.5. The van der Waals surface area contributed by atoms with Gasteiger partial charge in [0, 0.05) is 10.0 Å². The van der Waals surface area contributed by atoms with Crippen molar-refractivity contribution in [2.24, 2.45) is 0 Å². The van der Waals surface area contributed by atoms with Crippen molar-refractivity contribution in [3.05, 3.63) is 69.7 Å². The summed E-state index contributed by atoms with van der Waals surface area (Å²) in [5.41, 5.74) is 2.28. The van der Waals surface area contributed by atoms with E-state index in [1.807, 2.05) is 53.2 Å². The minimum Gasteiger partial charge on any atom is -0.346 e. The Balaban J connectivity index is 1.71. The second kappa shape index (κ2) is 5.83. The van der Waals surface area contributed by atoms with Gasteiger partial charge in [0.05, 0.1) is 12.1 Å². The molecule has 7 heteroatoms. The van der Waals surface area contributed by atoms with Gasteiger partial charge in [-0.15, -0.1) is 0 Å². The maximum absolute atomic E-state index is 6.00. The van der Waals surface area contributed by atoms with Gasteiger partial charge in [0.15, 0.2) is 0 Å². The van der Waals surface area contributed by atoms with Crippen LogP contribution in [0, 0.1) is 0 Å². The summed E-state index contributed by atoms with van der Waals surface area (Å²) in [7, 11) is 0. The molecule has 1 N–H and O–H groups in total. The van der Waals surface area contributed by atoms with Crippen LogP contribution in [0.4, 0.5) is 5.95 Å². The van der Waals surface area contributed by atoms with E-state index in [0.717, 1.165) is 22.6 Å². The van der Waals surface area contributed by atoms with Crippen LogP contribution in [0.2, 0.25) is 10.0 Å². The predicted octanol–water partition coefficient (Wildman–Crippen LogP) is 4.13. The van der Waals surface area contributed by atoms with E-state index in [2.05, 4.69) is 20.8 Å². The van der Waals surface area contributed by atoms with Crippen LogP contribution in [-0.2, 0) is 0 Å². The van der Waals surface area contributed by atoms with Crippen molar-refractivity contribution < 1.29 is 0 Å². The lowest BCUT2D eigenvalue weighted by Crippen LogP contribution is -2.28. The van der Waals surface area contributed by atoms with Crippen LogP contribution in [0.25, 0.3) is 0 Å². The van der Waals surface area contributed by atoms with E-state index in [1.54, 1.807) is 0 Å². The van der Waals surface area contributed by atoms with E-state index in [1.165, 1.54) is 0 Å². The Morgan fingerprint density at radius 1 is 0.913 bits per heavy atom. The third kappa shape index (κ3) is 2.78. The summed E-state index contributed by atoms with van der Waals surface area (Å²) in [5.74, 6) is 0.663. The first-order chi connectivity index (χ1) is 11.2. The second-order valence-electron chi connectivity index (χ2n) is 5.50. The zero-order chi connectivity index (χ0) is 15.8. The summed E-state index contributed by atoms with van der Waals surface area (Å²) in [5, 5.41) is 16.8. The molecular weight excluding hydrogens is 333 g/mol. The molecule has 0 unspecified atom stereocenters. The number of fused-ring (bicyclic) bond motifs is 1. The fraction of sp³-hybridized carbons (Fsp3) is 0.188. The minimum absolute atomic E-state index is 0.0548. The van der Waals surface area contributed by atoms with Crippen molar-refractivity contribution in [1.82, 2.24) is 20.2 Å². The van der Waals surface area contributed by atoms with Crippen molar-refractivity contribution in [1.29, 1.82) is 0 Å². The summed E-state index contributed by atoms with van der Waals surface area (Å²) < 4.78 is 1.82. The average Bonchev–Trinajstić information content (AvgIpc) is 3.04. The number of anilines is 1. The Morgan fingerprint density at radius 3 is 2.17 bits per heavy atom. The maximum Gasteiger partial charge on any atom is 0.243 e. The molecule has 0 spiro atoms. The third-order valence-corrected chi connectivity index (χ3v) is 4.58. The monoisotopic (exact) mass is 345 g/mol. The Bertz CT molecular complexity index is 813. The van der Waals surface area contributed by atoms with Crippen LogP contribution in [0.3, 0.4) is 0 Å². The van der Waals surface area contributed by atoms with Gasteiger partial charge in [-0.2, -0.15) is 0 Å². The van der Waals surface area contributed by atoms with E-state index < -0.39 is 0 Å². The van der Waals surface area contributed by atoms with Crippen LogP contribution in [-0.4, -0.2) is 20.2 Å². The molecule has 116 valence electrons. The molecule has 1 aliphatic heterocycles. The molecule has 0 amide bonds. The molecule has 1 aliphatic rings. The van der Waals surface area contributed by atoms with Crippen molar-refractivity contribution in [3.8, 4) is 0 Å². The lowest BCUT2D eigenvalue weighted by Gasteiger charge is -2.31. The molecule has 0 aliphatic carbocycles. The third-order valence-electron chi connectivity index (χ3n) is 4.08. The van der Waals surface area contributed by atoms with Gasteiger partial charge in [-0.25, -0.2) is 4.68 Å². The number of nitrogens with zero attached hydrogens (tertiary/aromatic N) is 4. The highest BCUT2D eigenvalue weighted by molar-refractivity contribution is 6.30. The number of halogens is 2. The summed E-state index contributed by atoms with van der Waals surface area (Å²) in [4.78, 5) is 0. The van der Waals surface area contributed by atoms with Gasteiger partial charge >= 0.3 is 0 Å². The van der Waals surface area contributed by atoms with Crippen molar-refractivity contribution in [3.63, 3.8) is 0 Å². The van der Waals surface area contributed by atoms with Crippen LogP contribution >= 0.6 is 23.2 Å². The van der Waals surface area contributed by atoms with Gasteiger partial charge in [0.25, 0.3) is 0 Å². The van der Waals surface area contributed by atoms with Crippen molar-refractivity contribution >= 4 is 29.2 Å². The quantitative estimate of drug-likeness (QED) is 0.758. The number of rotatable bonds is 2. The molecule has 2 atom stereocenters. The van der Waals surface area contributed by atoms with E-state index in [9.17, 15) is 0 Å². The lowest BCUT2D eigenvalue weighted by atomic mass is 9.93. The topological polar surface area (TPSA) is 55.6 Å².